The van der Waals surface area contributed by atoms with E-state index >= 15 is 0 Å². The second kappa shape index (κ2) is 5.98. The van der Waals surface area contributed by atoms with Gasteiger partial charge in [-0.05, 0) is 18.1 Å². The van der Waals surface area contributed by atoms with Gasteiger partial charge in [-0.2, -0.15) is 5.26 Å². The second-order valence-electron chi connectivity index (χ2n) is 5.32. The fourth-order valence-corrected chi connectivity index (χ4v) is 3.18. The van der Waals surface area contributed by atoms with Gasteiger partial charge in [-0.25, -0.2) is 0 Å². The van der Waals surface area contributed by atoms with Crippen LogP contribution in [-0.2, 0) is 0 Å². The van der Waals surface area contributed by atoms with Crippen LogP contribution in [0.2, 0.25) is 0 Å². The van der Waals surface area contributed by atoms with Crippen molar-refractivity contribution in [3.05, 3.63) is 76.9 Å². The van der Waals surface area contributed by atoms with E-state index in [-0.39, 0.29) is 12.5 Å². The van der Waals surface area contributed by atoms with Crippen molar-refractivity contribution < 1.29 is 9.90 Å². The minimum absolute atomic E-state index is 0.235. The fraction of sp³-hybridized carbons (Fsp3) is 0.158. The van der Waals surface area contributed by atoms with Gasteiger partial charge in [-0.15, -0.1) is 0 Å². The molecule has 4 nitrogen and oxygen atoms in total. The molecule has 0 heterocycles. The molecule has 0 aromatic heterocycles. The highest BCUT2D eigenvalue weighted by Crippen LogP contribution is 2.46. The summed E-state index contributed by atoms with van der Waals surface area (Å²) in [6, 6.07) is 19.4. The van der Waals surface area contributed by atoms with Gasteiger partial charge in [0.25, 0.3) is 0 Å². The summed E-state index contributed by atoms with van der Waals surface area (Å²) in [5.41, 5.74) is 3.60. The van der Waals surface area contributed by atoms with Crippen LogP contribution in [0.1, 0.15) is 29.5 Å². The summed E-state index contributed by atoms with van der Waals surface area (Å²) in [5, 5.41) is 21.2. The van der Waals surface area contributed by atoms with E-state index in [1.54, 1.807) is 6.92 Å². The molecule has 0 aliphatic heterocycles. The lowest BCUT2D eigenvalue weighted by Crippen LogP contribution is -2.39. The smallest absolute Gasteiger partial charge is 0.141 e. The van der Waals surface area contributed by atoms with Gasteiger partial charge in [0.05, 0.1) is 17.3 Å². The third kappa shape index (κ3) is 2.36. The van der Waals surface area contributed by atoms with Crippen LogP contribution in [-0.4, -0.2) is 17.5 Å². The quantitative estimate of drug-likeness (QED) is 0.875. The van der Waals surface area contributed by atoms with Crippen molar-refractivity contribution in [2.24, 2.45) is 0 Å². The van der Waals surface area contributed by atoms with E-state index in [1.807, 2.05) is 54.6 Å². The van der Waals surface area contributed by atoms with E-state index in [2.05, 4.69) is 6.07 Å². The van der Waals surface area contributed by atoms with Crippen LogP contribution >= 0.6 is 0 Å². The molecule has 0 bridgehead atoms. The zero-order valence-corrected chi connectivity index (χ0v) is 12.7. The summed E-state index contributed by atoms with van der Waals surface area (Å²) in [5.74, 6) is -0.249. The van der Waals surface area contributed by atoms with Crippen molar-refractivity contribution in [2.45, 2.75) is 12.8 Å². The normalized spacial score (nSPS) is 15.9. The highest BCUT2D eigenvalue weighted by Gasteiger charge is 2.34. The Morgan fingerprint density at radius 1 is 1.17 bits per heavy atom. The third-order valence-electron chi connectivity index (χ3n) is 4.13. The van der Waals surface area contributed by atoms with Crippen molar-refractivity contribution in [3.8, 4) is 6.07 Å². The maximum Gasteiger partial charge on any atom is 0.141 e. The Kier molecular flexibility index (Phi) is 3.86. The molecule has 1 aliphatic carbocycles. The number of carbonyl (C=O) groups excluding carboxylic acids is 1. The Hall–Kier alpha value is -3.06. The van der Waals surface area contributed by atoms with Crippen molar-refractivity contribution in [1.82, 2.24) is 4.90 Å². The molecule has 0 spiro atoms. The molecule has 2 aromatic rings. The number of hydrogen-bond acceptors (Lipinski definition) is 3. The number of nitrogens with zero attached hydrogens (tertiary/aromatic N) is 2. The van der Waals surface area contributed by atoms with Crippen LogP contribution < -0.4 is 5.11 Å². The number of nitriles is 1. The molecule has 1 unspecified atom stereocenters. The first-order valence-electron chi connectivity index (χ1n) is 7.46. The number of fused-ring (bicyclic) bond motifs is 1. The Bertz CT molecular complexity index is 819. The molecule has 1 aliphatic rings. The first kappa shape index (κ1) is 14.9. The van der Waals surface area contributed by atoms with Crippen LogP contribution in [0.25, 0.3) is 5.70 Å². The number of carboxylic acid groups (broad SMARTS) is 1. The van der Waals surface area contributed by atoms with Gasteiger partial charge < -0.3 is 14.8 Å². The summed E-state index contributed by atoms with van der Waals surface area (Å²) in [4.78, 5) is 12.6. The Morgan fingerprint density at radius 3 is 2.43 bits per heavy atom. The van der Waals surface area contributed by atoms with Crippen molar-refractivity contribution in [1.29, 1.82) is 5.26 Å². The third-order valence-corrected chi connectivity index (χ3v) is 4.13. The summed E-state index contributed by atoms with van der Waals surface area (Å²) < 4.78 is 0. The van der Waals surface area contributed by atoms with E-state index in [0.717, 1.165) is 21.6 Å². The van der Waals surface area contributed by atoms with E-state index in [0.29, 0.717) is 11.3 Å². The van der Waals surface area contributed by atoms with Gasteiger partial charge in [0.1, 0.15) is 6.09 Å². The topological polar surface area (TPSA) is 67.2 Å². The molecule has 1 atom stereocenters. The maximum atomic E-state index is 11.5. The molecule has 23 heavy (non-hydrogen) atoms. The summed E-state index contributed by atoms with van der Waals surface area (Å²) >= 11 is 0. The van der Waals surface area contributed by atoms with Crippen LogP contribution in [0.5, 0.6) is 0 Å². The van der Waals surface area contributed by atoms with Gasteiger partial charge in [-0.3, -0.25) is 0 Å². The zero-order valence-electron chi connectivity index (χ0n) is 12.7. The summed E-state index contributed by atoms with van der Waals surface area (Å²) in [6.07, 6.45) is -1.29. The SMILES string of the molecule is CCN(C(=O)[O-])C1=C(C#N)C(c2ccccc2)c2ccccc21. The molecule has 0 saturated heterocycles. The van der Waals surface area contributed by atoms with Crippen molar-refractivity contribution >= 4 is 11.8 Å². The lowest BCUT2D eigenvalue weighted by molar-refractivity contribution is -0.261. The molecule has 0 N–H and O–H groups in total. The highest BCUT2D eigenvalue weighted by atomic mass is 16.4. The number of carbonyl (C=O) groups is 1. The maximum absolute atomic E-state index is 11.5. The average molecular weight is 303 g/mol. The average Bonchev–Trinajstić information content (AvgIpc) is 2.90. The van der Waals surface area contributed by atoms with E-state index in [9.17, 15) is 15.2 Å². The fourth-order valence-electron chi connectivity index (χ4n) is 3.18. The molecule has 4 heteroatoms. The standard InChI is InChI=1S/C19H16N2O2/c1-2-21(19(22)23)18-15-11-7-6-10-14(15)17(16(18)12-20)13-8-4-3-5-9-13/h3-11,17H,2H2,1H3,(H,22,23)/p-1. The predicted molar refractivity (Wildman–Crippen MR) is 85.0 cm³/mol. The van der Waals surface area contributed by atoms with Crippen LogP contribution in [0.4, 0.5) is 4.79 Å². The molecule has 1 amide bonds. The van der Waals surface area contributed by atoms with E-state index in [4.69, 9.17) is 0 Å². The molecule has 0 fully saturated rings. The predicted octanol–water partition coefficient (Wildman–Crippen LogP) is 2.73. The van der Waals surface area contributed by atoms with Crippen molar-refractivity contribution in [2.75, 3.05) is 6.54 Å². The van der Waals surface area contributed by atoms with Gasteiger partial charge in [-0.1, -0.05) is 54.6 Å². The molecule has 0 radical (unpaired) electrons. The second-order valence-corrected chi connectivity index (χ2v) is 5.32. The first-order chi connectivity index (χ1) is 11.2. The number of allylic oxidation sites excluding steroid dienone is 1. The van der Waals surface area contributed by atoms with Gasteiger partial charge in [0, 0.05) is 18.0 Å². The first-order valence-corrected chi connectivity index (χ1v) is 7.46. The zero-order chi connectivity index (χ0) is 16.4. The van der Waals surface area contributed by atoms with Gasteiger partial charge in [0.2, 0.25) is 0 Å². The minimum atomic E-state index is -1.29. The monoisotopic (exact) mass is 303 g/mol. The number of amides is 1. The van der Waals surface area contributed by atoms with E-state index < -0.39 is 6.09 Å². The van der Waals surface area contributed by atoms with Crippen LogP contribution in [0.15, 0.2) is 60.2 Å². The number of rotatable bonds is 3. The minimum Gasteiger partial charge on any atom is -0.530 e. The lowest BCUT2D eigenvalue weighted by Gasteiger charge is -2.25. The molecule has 2 aromatic carbocycles. The van der Waals surface area contributed by atoms with Gasteiger partial charge >= 0.3 is 0 Å². The van der Waals surface area contributed by atoms with E-state index in [1.165, 1.54) is 0 Å². The highest BCUT2D eigenvalue weighted by molar-refractivity contribution is 5.89. The van der Waals surface area contributed by atoms with Crippen LogP contribution in [0, 0.1) is 11.3 Å². The Morgan fingerprint density at radius 2 is 1.83 bits per heavy atom. The molecule has 3 rings (SSSR count). The van der Waals surface area contributed by atoms with Crippen molar-refractivity contribution in [3.63, 3.8) is 0 Å². The molecule has 0 saturated carbocycles. The lowest BCUT2D eigenvalue weighted by atomic mass is 9.89. The molecule has 114 valence electrons. The van der Waals surface area contributed by atoms with Crippen LogP contribution in [0.3, 0.4) is 0 Å². The summed E-state index contributed by atoms with van der Waals surface area (Å²) in [7, 11) is 0. The Labute approximate surface area is 134 Å². The number of hydrogen-bond donors (Lipinski definition) is 0. The molecular weight excluding hydrogens is 288 g/mol. The molecular formula is C19H15N2O2-. The Balaban J connectivity index is 2.27. The number of benzene rings is 2. The largest absolute Gasteiger partial charge is 0.530 e. The van der Waals surface area contributed by atoms with Gasteiger partial charge in [0.15, 0.2) is 0 Å². The summed E-state index contributed by atoms with van der Waals surface area (Å²) in [6.45, 7) is 1.97.